The van der Waals surface area contributed by atoms with Crippen LogP contribution in [0.25, 0.3) is 0 Å². The maximum atomic E-state index is 4.37. The summed E-state index contributed by atoms with van der Waals surface area (Å²) in [5, 5.41) is 3.45. The summed E-state index contributed by atoms with van der Waals surface area (Å²) in [4.78, 5) is 6.81. The Morgan fingerprint density at radius 2 is 2.18 bits per heavy atom. The Hall–Kier alpha value is -0.930. The zero-order valence-corrected chi connectivity index (χ0v) is 11.3. The molecule has 0 radical (unpaired) electrons. The van der Waals surface area contributed by atoms with Gasteiger partial charge in [-0.25, -0.2) is 0 Å². The highest BCUT2D eigenvalue weighted by molar-refractivity contribution is 5.03. The molecule has 0 amide bonds. The Morgan fingerprint density at radius 1 is 1.35 bits per heavy atom. The SMILES string of the molecule is CCNC(C)CCN(CC)Cc1ccccn1. The first-order valence-electron chi connectivity index (χ1n) is 6.61. The summed E-state index contributed by atoms with van der Waals surface area (Å²) in [5.41, 5.74) is 1.16. The van der Waals surface area contributed by atoms with Crippen molar-refractivity contribution in [3.05, 3.63) is 30.1 Å². The highest BCUT2D eigenvalue weighted by atomic mass is 15.1. The highest BCUT2D eigenvalue weighted by Crippen LogP contribution is 2.03. The van der Waals surface area contributed by atoms with Crippen LogP contribution in [0.5, 0.6) is 0 Å². The van der Waals surface area contributed by atoms with Gasteiger partial charge in [-0.2, -0.15) is 0 Å². The Bertz CT molecular complexity index is 287. The normalized spacial score (nSPS) is 12.9. The molecule has 3 heteroatoms. The van der Waals surface area contributed by atoms with Crippen LogP contribution in [-0.4, -0.2) is 35.6 Å². The van der Waals surface area contributed by atoms with Crippen LogP contribution >= 0.6 is 0 Å². The number of nitrogens with zero attached hydrogens (tertiary/aromatic N) is 2. The lowest BCUT2D eigenvalue weighted by atomic mass is 10.2. The molecule has 1 atom stereocenters. The zero-order valence-electron chi connectivity index (χ0n) is 11.3. The van der Waals surface area contributed by atoms with E-state index in [9.17, 15) is 0 Å². The van der Waals surface area contributed by atoms with Crippen molar-refractivity contribution in [2.24, 2.45) is 0 Å². The van der Waals surface area contributed by atoms with E-state index in [0.717, 1.165) is 31.9 Å². The molecule has 3 nitrogen and oxygen atoms in total. The number of pyridine rings is 1. The topological polar surface area (TPSA) is 28.2 Å². The number of nitrogens with one attached hydrogen (secondary N) is 1. The van der Waals surface area contributed by atoms with Crippen LogP contribution in [0, 0.1) is 0 Å². The Labute approximate surface area is 105 Å². The van der Waals surface area contributed by atoms with Gasteiger partial charge in [0.2, 0.25) is 0 Å². The number of hydrogen-bond acceptors (Lipinski definition) is 3. The van der Waals surface area contributed by atoms with Crippen LogP contribution in [0.4, 0.5) is 0 Å². The summed E-state index contributed by atoms with van der Waals surface area (Å²) in [7, 11) is 0. The minimum absolute atomic E-state index is 0.595. The molecular formula is C14H25N3. The maximum absolute atomic E-state index is 4.37. The Balaban J connectivity index is 2.34. The maximum Gasteiger partial charge on any atom is 0.0543 e. The fraction of sp³-hybridized carbons (Fsp3) is 0.643. The molecule has 1 unspecified atom stereocenters. The van der Waals surface area contributed by atoms with Crippen molar-refractivity contribution < 1.29 is 0 Å². The zero-order chi connectivity index (χ0) is 12.5. The molecule has 0 aliphatic rings. The lowest BCUT2D eigenvalue weighted by Crippen LogP contribution is -2.32. The van der Waals surface area contributed by atoms with Gasteiger partial charge in [-0.05, 0) is 38.6 Å². The van der Waals surface area contributed by atoms with Gasteiger partial charge in [0, 0.05) is 25.3 Å². The van der Waals surface area contributed by atoms with Crippen LogP contribution in [0.1, 0.15) is 32.9 Å². The predicted octanol–water partition coefficient (Wildman–Crippen LogP) is 2.29. The van der Waals surface area contributed by atoms with Crippen LogP contribution in [-0.2, 0) is 6.54 Å². The van der Waals surface area contributed by atoms with E-state index in [1.54, 1.807) is 0 Å². The molecule has 0 saturated heterocycles. The van der Waals surface area contributed by atoms with E-state index in [4.69, 9.17) is 0 Å². The summed E-state index contributed by atoms with van der Waals surface area (Å²) in [5.74, 6) is 0. The molecule has 96 valence electrons. The molecule has 17 heavy (non-hydrogen) atoms. The molecule has 0 aromatic carbocycles. The van der Waals surface area contributed by atoms with Crippen molar-refractivity contribution in [2.75, 3.05) is 19.6 Å². The van der Waals surface area contributed by atoms with E-state index in [2.05, 4.69) is 48.1 Å². The summed E-state index contributed by atoms with van der Waals surface area (Å²) < 4.78 is 0. The number of hydrogen-bond donors (Lipinski definition) is 1. The first kappa shape index (κ1) is 14.1. The molecule has 0 aliphatic carbocycles. The van der Waals surface area contributed by atoms with E-state index >= 15 is 0 Å². The Kier molecular flexibility index (Phi) is 6.82. The average Bonchev–Trinajstić information content (AvgIpc) is 2.36. The van der Waals surface area contributed by atoms with E-state index in [0.29, 0.717) is 6.04 Å². The lowest BCUT2D eigenvalue weighted by molar-refractivity contribution is 0.261. The molecule has 1 N–H and O–H groups in total. The van der Waals surface area contributed by atoms with Crippen LogP contribution in [0.3, 0.4) is 0 Å². The van der Waals surface area contributed by atoms with Gasteiger partial charge in [-0.3, -0.25) is 9.88 Å². The van der Waals surface area contributed by atoms with Gasteiger partial charge in [0.15, 0.2) is 0 Å². The van der Waals surface area contributed by atoms with Crippen molar-refractivity contribution >= 4 is 0 Å². The summed E-state index contributed by atoms with van der Waals surface area (Å²) in [6.45, 7) is 10.8. The smallest absolute Gasteiger partial charge is 0.0543 e. The molecule has 1 rings (SSSR count). The molecule has 0 fully saturated rings. The fourth-order valence-electron chi connectivity index (χ4n) is 1.90. The third-order valence-corrected chi connectivity index (χ3v) is 2.99. The second-order valence-corrected chi connectivity index (χ2v) is 4.44. The molecule has 0 aliphatic heterocycles. The minimum atomic E-state index is 0.595. The number of aromatic nitrogens is 1. The second-order valence-electron chi connectivity index (χ2n) is 4.44. The van der Waals surface area contributed by atoms with Gasteiger partial charge in [0.25, 0.3) is 0 Å². The van der Waals surface area contributed by atoms with Gasteiger partial charge in [-0.15, -0.1) is 0 Å². The van der Waals surface area contributed by atoms with Gasteiger partial charge in [-0.1, -0.05) is 19.9 Å². The predicted molar refractivity (Wildman–Crippen MR) is 72.9 cm³/mol. The van der Waals surface area contributed by atoms with Gasteiger partial charge < -0.3 is 5.32 Å². The average molecular weight is 235 g/mol. The van der Waals surface area contributed by atoms with Crippen molar-refractivity contribution in [3.8, 4) is 0 Å². The Morgan fingerprint density at radius 3 is 2.76 bits per heavy atom. The van der Waals surface area contributed by atoms with Crippen LogP contribution in [0.2, 0.25) is 0 Å². The van der Waals surface area contributed by atoms with E-state index < -0.39 is 0 Å². The summed E-state index contributed by atoms with van der Waals surface area (Å²) >= 11 is 0. The van der Waals surface area contributed by atoms with E-state index in [-0.39, 0.29) is 0 Å². The van der Waals surface area contributed by atoms with Crippen molar-refractivity contribution in [1.82, 2.24) is 15.2 Å². The van der Waals surface area contributed by atoms with E-state index in [1.807, 2.05) is 12.3 Å². The third kappa shape index (κ3) is 5.80. The molecule has 0 spiro atoms. The molecule has 0 saturated carbocycles. The van der Waals surface area contributed by atoms with Crippen LogP contribution < -0.4 is 5.32 Å². The minimum Gasteiger partial charge on any atom is -0.314 e. The molecular weight excluding hydrogens is 210 g/mol. The highest BCUT2D eigenvalue weighted by Gasteiger charge is 2.06. The monoisotopic (exact) mass is 235 g/mol. The van der Waals surface area contributed by atoms with Crippen molar-refractivity contribution in [1.29, 1.82) is 0 Å². The standard InChI is InChI=1S/C14H25N3/c1-4-15-13(3)9-11-17(5-2)12-14-8-6-7-10-16-14/h6-8,10,13,15H,4-5,9,11-12H2,1-3H3. The fourth-order valence-corrected chi connectivity index (χ4v) is 1.90. The molecule has 1 aromatic heterocycles. The third-order valence-electron chi connectivity index (χ3n) is 2.99. The van der Waals surface area contributed by atoms with E-state index in [1.165, 1.54) is 6.42 Å². The van der Waals surface area contributed by atoms with Gasteiger partial charge in [0.1, 0.15) is 0 Å². The molecule has 0 bridgehead atoms. The molecule has 1 heterocycles. The summed E-state index contributed by atoms with van der Waals surface area (Å²) in [6.07, 6.45) is 3.05. The number of rotatable bonds is 8. The van der Waals surface area contributed by atoms with Crippen LogP contribution in [0.15, 0.2) is 24.4 Å². The van der Waals surface area contributed by atoms with Gasteiger partial charge >= 0.3 is 0 Å². The first-order valence-corrected chi connectivity index (χ1v) is 6.61. The largest absolute Gasteiger partial charge is 0.314 e. The van der Waals surface area contributed by atoms with Crippen molar-refractivity contribution in [3.63, 3.8) is 0 Å². The lowest BCUT2D eigenvalue weighted by Gasteiger charge is -2.22. The summed E-state index contributed by atoms with van der Waals surface area (Å²) in [6, 6.07) is 6.71. The quantitative estimate of drug-likeness (QED) is 0.749. The van der Waals surface area contributed by atoms with Gasteiger partial charge in [0.05, 0.1) is 5.69 Å². The van der Waals surface area contributed by atoms with Crippen molar-refractivity contribution in [2.45, 2.75) is 39.8 Å². The molecule has 1 aromatic rings. The second kappa shape index (κ2) is 8.20. The first-order chi connectivity index (χ1) is 8.26.